The zero-order chi connectivity index (χ0) is 22.7. The normalized spacial score (nSPS) is 18.2. The fraction of sp³-hybridized carbons (Fsp3) is 0.292. The second-order valence-corrected chi connectivity index (χ2v) is 9.26. The Morgan fingerprint density at radius 2 is 1.66 bits per heavy atom. The molecule has 166 valence electrons. The lowest BCUT2D eigenvalue weighted by Crippen LogP contribution is -2.36. The summed E-state index contributed by atoms with van der Waals surface area (Å²) in [7, 11) is 1.34. The highest BCUT2D eigenvalue weighted by molar-refractivity contribution is 7.23. The fourth-order valence-corrected chi connectivity index (χ4v) is 5.40. The van der Waals surface area contributed by atoms with Crippen molar-refractivity contribution in [2.24, 2.45) is 11.8 Å². The van der Waals surface area contributed by atoms with Crippen LogP contribution in [0.5, 0.6) is 0 Å². The van der Waals surface area contributed by atoms with E-state index < -0.39 is 11.8 Å². The Morgan fingerprint density at radius 1 is 0.969 bits per heavy atom. The van der Waals surface area contributed by atoms with Gasteiger partial charge in [0.2, 0.25) is 5.91 Å². The van der Waals surface area contributed by atoms with E-state index in [1.54, 1.807) is 24.3 Å². The van der Waals surface area contributed by atoms with Crippen molar-refractivity contribution < 1.29 is 19.1 Å². The lowest BCUT2D eigenvalue weighted by molar-refractivity contribution is -0.151. The van der Waals surface area contributed by atoms with Gasteiger partial charge in [0.05, 0.1) is 24.5 Å². The van der Waals surface area contributed by atoms with Gasteiger partial charge in [-0.2, -0.15) is 0 Å². The summed E-state index contributed by atoms with van der Waals surface area (Å²) < 4.78 is 5.80. The topological polar surface area (TPSA) is 84.5 Å². The zero-order valence-corrected chi connectivity index (χ0v) is 19.1. The smallest absolute Gasteiger partial charge is 0.309 e. The van der Waals surface area contributed by atoms with Gasteiger partial charge in [-0.25, -0.2) is 0 Å². The molecule has 1 aliphatic rings. The lowest BCUT2D eigenvalue weighted by Gasteiger charge is -2.28. The number of thiophene rings is 1. The molecule has 0 spiro atoms. The third-order valence-electron chi connectivity index (χ3n) is 5.77. The third kappa shape index (κ3) is 4.64. The first-order chi connectivity index (χ1) is 15.5. The van der Waals surface area contributed by atoms with Crippen molar-refractivity contribution in [3.8, 4) is 0 Å². The van der Waals surface area contributed by atoms with Gasteiger partial charge < -0.3 is 15.4 Å². The molecule has 1 aromatic heterocycles. The number of anilines is 2. The van der Waals surface area contributed by atoms with E-state index in [1.807, 2.05) is 24.3 Å². The maximum atomic E-state index is 13.2. The number of nitrogens with one attached hydrogen (secondary N) is 2. The minimum absolute atomic E-state index is 0.257. The van der Waals surface area contributed by atoms with Gasteiger partial charge in [-0.1, -0.05) is 42.6 Å². The summed E-state index contributed by atoms with van der Waals surface area (Å²) in [6.45, 7) is 0. The van der Waals surface area contributed by atoms with E-state index in [9.17, 15) is 14.4 Å². The molecule has 2 atom stereocenters. The number of benzene rings is 2. The first kappa shape index (κ1) is 22.3. The highest BCUT2D eigenvalue weighted by Crippen LogP contribution is 2.38. The summed E-state index contributed by atoms with van der Waals surface area (Å²) >= 11 is 7.28. The fourth-order valence-electron chi connectivity index (χ4n) is 4.17. The number of hydrogen-bond acceptors (Lipinski definition) is 5. The van der Waals surface area contributed by atoms with Gasteiger partial charge in [0.1, 0.15) is 5.00 Å². The number of methoxy groups -OCH3 is 1. The Morgan fingerprint density at radius 3 is 2.38 bits per heavy atom. The van der Waals surface area contributed by atoms with Crippen molar-refractivity contribution in [3.63, 3.8) is 0 Å². The van der Waals surface area contributed by atoms with Crippen LogP contribution in [-0.2, 0) is 14.3 Å². The third-order valence-corrected chi connectivity index (χ3v) is 7.11. The highest BCUT2D eigenvalue weighted by atomic mass is 35.5. The number of halogens is 1. The SMILES string of the molecule is COC(=O)C1CCCCC1C(=O)Nc1sc2ccccc2c1C(=O)Nc1ccc(Cl)cc1. The Bertz CT molecular complexity index is 1160. The van der Waals surface area contributed by atoms with Crippen molar-refractivity contribution >= 4 is 61.5 Å². The molecule has 1 heterocycles. The molecule has 8 heteroatoms. The molecular formula is C24H23ClN2O4S. The summed E-state index contributed by atoms with van der Waals surface area (Å²) in [6, 6.07) is 14.3. The number of carbonyl (C=O) groups excluding carboxylic acids is 3. The molecule has 1 fully saturated rings. The van der Waals surface area contributed by atoms with Gasteiger partial charge in [-0.3, -0.25) is 14.4 Å². The Balaban J connectivity index is 1.63. The molecule has 2 amide bonds. The Hall–Kier alpha value is -2.90. The predicted octanol–water partition coefficient (Wildman–Crippen LogP) is 5.72. The van der Waals surface area contributed by atoms with Gasteiger partial charge in [-0.05, 0) is 43.2 Å². The molecule has 4 rings (SSSR count). The molecule has 3 aromatic rings. The first-order valence-electron chi connectivity index (χ1n) is 10.4. The Labute approximate surface area is 194 Å². The summed E-state index contributed by atoms with van der Waals surface area (Å²) in [5.41, 5.74) is 1.00. The monoisotopic (exact) mass is 470 g/mol. The highest BCUT2D eigenvalue weighted by Gasteiger charge is 2.37. The van der Waals surface area contributed by atoms with E-state index in [4.69, 9.17) is 16.3 Å². The standard InChI is InChI=1S/C24H23ClN2O4S/c1-31-24(30)17-7-3-2-6-16(17)21(28)27-23-20(18-8-4-5-9-19(18)32-23)22(29)26-15-12-10-14(25)11-13-15/h4-5,8-13,16-17H,2-3,6-7H2,1H3,(H,26,29)(H,27,28). The maximum absolute atomic E-state index is 13.2. The van der Waals surface area contributed by atoms with Crippen LogP contribution in [0.3, 0.4) is 0 Å². The van der Waals surface area contributed by atoms with Crippen LogP contribution in [0.15, 0.2) is 48.5 Å². The van der Waals surface area contributed by atoms with E-state index in [1.165, 1.54) is 18.4 Å². The van der Waals surface area contributed by atoms with E-state index in [2.05, 4.69) is 10.6 Å². The van der Waals surface area contributed by atoms with Gasteiger partial charge in [0.25, 0.3) is 5.91 Å². The number of rotatable bonds is 5. The van der Waals surface area contributed by atoms with Gasteiger partial charge >= 0.3 is 5.97 Å². The minimum atomic E-state index is -0.478. The van der Waals surface area contributed by atoms with Crippen LogP contribution in [0.25, 0.3) is 10.1 Å². The quantitative estimate of drug-likeness (QED) is 0.467. The van der Waals surface area contributed by atoms with Crippen molar-refractivity contribution in [1.29, 1.82) is 0 Å². The predicted molar refractivity (Wildman–Crippen MR) is 127 cm³/mol. The molecule has 32 heavy (non-hydrogen) atoms. The summed E-state index contributed by atoms with van der Waals surface area (Å²) in [4.78, 5) is 38.6. The van der Waals surface area contributed by atoms with Crippen LogP contribution in [0.2, 0.25) is 5.02 Å². The van der Waals surface area contributed by atoms with Crippen LogP contribution in [0.1, 0.15) is 36.0 Å². The number of ether oxygens (including phenoxy) is 1. The maximum Gasteiger partial charge on any atom is 0.309 e. The average Bonchev–Trinajstić information content (AvgIpc) is 3.17. The second-order valence-electron chi connectivity index (χ2n) is 7.77. The van der Waals surface area contributed by atoms with Crippen molar-refractivity contribution in [1.82, 2.24) is 0 Å². The molecule has 6 nitrogen and oxygen atoms in total. The molecule has 0 saturated heterocycles. The van der Waals surface area contributed by atoms with E-state index in [0.717, 1.165) is 22.9 Å². The molecule has 2 aromatic carbocycles. The van der Waals surface area contributed by atoms with Crippen molar-refractivity contribution in [2.45, 2.75) is 25.7 Å². The summed E-state index contributed by atoms with van der Waals surface area (Å²) in [5.74, 6) is -1.88. The van der Waals surface area contributed by atoms with E-state index in [0.29, 0.717) is 34.1 Å². The summed E-state index contributed by atoms with van der Waals surface area (Å²) in [6.07, 6.45) is 3.01. The van der Waals surface area contributed by atoms with Crippen LogP contribution in [0.4, 0.5) is 10.7 Å². The Kier molecular flexibility index (Phi) is 6.77. The second kappa shape index (κ2) is 9.71. The summed E-state index contributed by atoms with van der Waals surface area (Å²) in [5, 5.41) is 7.62. The molecule has 1 saturated carbocycles. The molecule has 2 N–H and O–H groups in total. The lowest BCUT2D eigenvalue weighted by atomic mass is 9.78. The van der Waals surface area contributed by atoms with Crippen LogP contribution in [0, 0.1) is 11.8 Å². The zero-order valence-electron chi connectivity index (χ0n) is 17.5. The average molecular weight is 471 g/mol. The van der Waals surface area contributed by atoms with Crippen LogP contribution < -0.4 is 10.6 Å². The molecule has 2 unspecified atom stereocenters. The van der Waals surface area contributed by atoms with Gasteiger partial charge in [-0.15, -0.1) is 11.3 Å². The number of fused-ring (bicyclic) bond motifs is 1. The van der Waals surface area contributed by atoms with E-state index in [-0.39, 0.29) is 17.8 Å². The largest absolute Gasteiger partial charge is 0.469 e. The number of amides is 2. The van der Waals surface area contributed by atoms with Crippen molar-refractivity contribution in [2.75, 3.05) is 17.7 Å². The molecule has 0 bridgehead atoms. The number of esters is 1. The van der Waals surface area contributed by atoms with Crippen LogP contribution in [-0.4, -0.2) is 24.9 Å². The number of carbonyl (C=O) groups is 3. The molecule has 0 aliphatic heterocycles. The molecule has 1 aliphatic carbocycles. The van der Waals surface area contributed by atoms with Crippen molar-refractivity contribution in [3.05, 3.63) is 59.1 Å². The van der Waals surface area contributed by atoms with Gasteiger partial charge in [0, 0.05) is 20.8 Å². The first-order valence-corrected chi connectivity index (χ1v) is 11.6. The number of hydrogen-bond donors (Lipinski definition) is 2. The minimum Gasteiger partial charge on any atom is -0.469 e. The van der Waals surface area contributed by atoms with E-state index >= 15 is 0 Å². The molecule has 0 radical (unpaired) electrons. The van der Waals surface area contributed by atoms with Crippen LogP contribution >= 0.6 is 22.9 Å². The molecular weight excluding hydrogens is 448 g/mol. The van der Waals surface area contributed by atoms with Gasteiger partial charge in [0.15, 0.2) is 0 Å².